The highest BCUT2D eigenvalue weighted by molar-refractivity contribution is 6.30. The molecule has 2 fully saturated rings. The van der Waals surface area contributed by atoms with E-state index in [0.717, 1.165) is 46.9 Å². The molecule has 0 radical (unpaired) electrons. The topological polar surface area (TPSA) is 60.2 Å². The zero-order valence-corrected chi connectivity index (χ0v) is 19.2. The Labute approximate surface area is 197 Å². The molecule has 1 amide bonds. The number of halogens is 1. The number of benzene rings is 2. The van der Waals surface area contributed by atoms with Crippen LogP contribution in [0.2, 0.25) is 5.02 Å². The van der Waals surface area contributed by atoms with E-state index < -0.39 is 0 Å². The molecule has 1 aromatic heterocycles. The van der Waals surface area contributed by atoms with Gasteiger partial charge in [0.15, 0.2) is 0 Å². The number of para-hydroxylation sites is 1. The van der Waals surface area contributed by atoms with E-state index >= 15 is 0 Å². The Morgan fingerprint density at radius 2 is 1.79 bits per heavy atom. The van der Waals surface area contributed by atoms with Gasteiger partial charge in [0, 0.05) is 36.0 Å². The largest absolute Gasteiger partial charge is 0.371 e. The zero-order chi connectivity index (χ0) is 22.5. The fourth-order valence-corrected chi connectivity index (χ4v) is 5.47. The van der Waals surface area contributed by atoms with E-state index in [1.54, 1.807) is 0 Å². The zero-order valence-electron chi connectivity index (χ0n) is 18.4. The molecule has 6 rings (SSSR count). The van der Waals surface area contributed by atoms with Gasteiger partial charge in [-0.15, -0.1) is 10.2 Å². The van der Waals surface area contributed by atoms with Crippen LogP contribution in [0.3, 0.4) is 0 Å². The number of carbonyl (C=O) groups excluding carboxylic acids is 1. The summed E-state index contributed by atoms with van der Waals surface area (Å²) in [6.45, 7) is 3.32. The smallest absolute Gasteiger partial charge is 0.223 e. The van der Waals surface area contributed by atoms with Crippen LogP contribution in [0, 0.1) is 6.92 Å². The van der Waals surface area contributed by atoms with Crippen LogP contribution in [0.4, 0.5) is 0 Å². The number of hydrogen-bond acceptors (Lipinski definition) is 4. The number of ether oxygens (including phenoxy) is 1. The van der Waals surface area contributed by atoms with Crippen LogP contribution in [-0.2, 0) is 9.53 Å². The Hall–Kier alpha value is -2.96. The molecule has 3 aliphatic rings. The number of amides is 1. The van der Waals surface area contributed by atoms with Crippen LogP contribution in [0.5, 0.6) is 0 Å². The molecular formula is C26H25ClN4O2. The van der Waals surface area contributed by atoms with Gasteiger partial charge in [-0.3, -0.25) is 9.36 Å². The van der Waals surface area contributed by atoms with Gasteiger partial charge in [0.2, 0.25) is 5.91 Å². The van der Waals surface area contributed by atoms with Crippen molar-refractivity contribution < 1.29 is 9.53 Å². The first-order valence-corrected chi connectivity index (χ1v) is 11.9. The number of aromatic nitrogens is 3. The molecule has 2 aromatic carbocycles. The molecular weight excluding hydrogens is 436 g/mol. The molecule has 4 heterocycles. The van der Waals surface area contributed by atoms with Crippen molar-refractivity contribution in [2.75, 3.05) is 13.1 Å². The Bertz CT molecular complexity index is 1240. The summed E-state index contributed by atoms with van der Waals surface area (Å²) in [6, 6.07) is 16.1. The molecule has 3 aromatic rings. The first kappa shape index (κ1) is 20.6. The van der Waals surface area contributed by atoms with Crippen LogP contribution in [-0.4, -0.2) is 50.9 Å². The van der Waals surface area contributed by atoms with Crippen LogP contribution in [0.25, 0.3) is 11.3 Å². The lowest BCUT2D eigenvalue weighted by atomic mass is 9.92. The Morgan fingerprint density at radius 3 is 2.55 bits per heavy atom. The van der Waals surface area contributed by atoms with E-state index in [-0.39, 0.29) is 24.0 Å². The third-order valence-corrected chi connectivity index (χ3v) is 7.18. The first-order valence-electron chi connectivity index (χ1n) is 11.5. The van der Waals surface area contributed by atoms with E-state index in [0.29, 0.717) is 24.5 Å². The van der Waals surface area contributed by atoms with Crippen molar-refractivity contribution in [1.29, 1.82) is 0 Å². The lowest BCUT2D eigenvalue weighted by molar-refractivity contribution is -0.140. The van der Waals surface area contributed by atoms with Crippen molar-refractivity contribution in [3.8, 4) is 5.69 Å². The number of fused-ring (bicyclic) bond motifs is 5. The van der Waals surface area contributed by atoms with Crippen LogP contribution in [0.15, 0.2) is 54.6 Å². The second-order valence-electron chi connectivity index (χ2n) is 9.11. The second kappa shape index (κ2) is 8.12. The highest BCUT2D eigenvalue weighted by Gasteiger charge is 2.37. The fraction of sp³-hybridized carbons (Fsp3) is 0.346. The van der Waals surface area contributed by atoms with Crippen molar-refractivity contribution in [3.05, 3.63) is 82.4 Å². The average Bonchev–Trinajstić information content (AvgIpc) is 3.33. The summed E-state index contributed by atoms with van der Waals surface area (Å²) in [5.74, 6) is 1.56. The molecule has 0 saturated carbocycles. The van der Waals surface area contributed by atoms with E-state index in [1.165, 1.54) is 0 Å². The molecule has 168 valence electrons. The predicted molar refractivity (Wildman–Crippen MR) is 126 cm³/mol. The minimum Gasteiger partial charge on any atom is -0.371 e. The number of hydrogen-bond donors (Lipinski definition) is 0. The maximum absolute atomic E-state index is 13.4. The van der Waals surface area contributed by atoms with Crippen molar-refractivity contribution in [3.63, 3.8) is 0 Å². The third-order valence-electron chi connectivity index (χ3n) is 6.93. The summed E-state index contributed by atoms with van der Waals surface area (Å²) in [5.41, 5.74) is 4.25. The molecule has 2 bridgehead atoms. The molecule has 0 aliphatic carbocycles. The number of rotatable bonds is 3. The minimum absolute atomic E-state index is 0.144. The maximum atomic E-state index is 13.4. The normalized spacial score (nSPS) is 23.5. The third kappa shape index (κ3) is 3.67. The van der Waals surface area contributed by atoms with Crippen molar-refractivity contribution in [2.24, 2.45) is 0 Å². The number of morpholine rings is 1. The number of carbonyl (C=O) groups is 1. The molecule has 2 saturated heterocycles. The summed E-state index contributed by atoms with van der Waals surface area (Å²) >= 11 is 6.17. The Kier molecular flexibility index (Phi) is 5.07. The number of aryl methyl sites for hydroxylation is 1. The van der Waals surface area contributed by atoms with E-state index in [2.05, 4.69) is 33.0 Å². The fourth-order valence-electron chi connectivity index (χ4n) is 5.35. The van der Waals surface area contributed by atoms with E-state index in [9.17, 15) is 4.79 Å². The van der Waals surface area contributed by atoms with Gasteiger partial charge < -0.3 is 9.64 Å². The maximum Gasteiger partial charge on any atom is 0.223 e. The molecule has 0 N–H and O–H groups in total. The lowest BCUT2D eigenvalue weighted by Crippen LogP contribution is -2.46. The van der Waals surface area contributed by atoms with E-state index in [4.69, 9.17) is 16.3 Å². The summed E-state index contributed by atoms with van der Waals surface area (Å²) in [5, 5.41) is 9.60. The molecule has 3 aliphatic heterocycles. The summed E-state index contributed by atoms with van der Waals surface area (Å²) in [6.07, 6.45) is 4.97. The summed E-state index contributed by atoms with van der Waals surface area (Å²) < 4.78 is 8.02. The van der Waals surface area contributed by atoms with Gasteiger partial charge in [-0.1, -0.05) is 48.0 Å². The number of nitrogens with zero attached hydrogens (tertiary/aromatic N) is 4. The van der Waals surface area contributed by atoms with Crippen LogP contribution in [0.1, 0.15) is 48.0 Å². The van der Waals surface area contributed by atoms with Gasteiger partial charge in [-0.2, -0.15) is 0 Å². The second-order valence-corrected chi connectivity index (χ2v) is 9.55. The molecule has 33 heavy (non-hydrogen) atoms. The van der Waals surface area contributed by atoms with Gasteiger partial charge >= 0.3 is 0 Å². The minimum atomic E-state index is -0.197. The van der Waals surface area contributed by atoms with Gasteiger partial charge in [0.25, 0.3) is 0 Å². The van der Waals surface area contributed by atoms with Crippen LogP contribution >= 0.6 is 11.6 Å². The van der Waals surface area contributed by atoms with Gasteiger partial charge in [-0.05, 0) is 49.1 Å². The van der Waals surface area contributed by atoms with E-state index in [1.807, 2.05) is 48.2 Å². The highest BCUT2D eigenvalue weighted by atomic mass is 35.5. The van der Waals surface area contributed by atoms with Gasteiger partial charge in [0.1, 0.15) is 11.6 Å². The van der Waals surface area contributed by atoms with Crippen molar-refractivity contribution in [2.45, 2.75) is 44.3 Å². The SMILES string of the molecule is Cc1nnc2n1-c1ccccc1C(c1ccc(Cl)cc1)=C[C@H]2CC(=O)N1CC2CCC(C1)O2. The van der Waals surface area contributed by atoms with Gasteiger partial charge in [0.05, 0.1) is 17.9 Å². The number of allylic oxidation sites excluding steroid dienone is 1. The predicted octanol–water partition coefficient (Wildman–Crippen LogP) is 4.54. The average molecular weight is 461 g/mol. The standard InChI is InChI=1S/C26H25ClN4O2/c1-16-28-29-26-18(13-25(32)30-14-20-10-11-21(15-30)33-20)12-23(17-6-8-19(27)9-7-17)22-4-2-3-5-24(22)31(16)26/h2-9,12,18,20-21H,10-11,13-15H2,1H3/t18-,20?,21?/m0/s1. The quantitative estimate of drug-likeness (QED) is 0.575. The monoisotopic (exact) mass is 460 g/mol. The first-order chi connectivity index (χ1) is 16.1. The molecule has 3 atom stereocenters. The highest BCUT2D eigenvalue weighted by Crippen LogP contribution is 2.39. The lowest BCUT2D eigenvalue weighted by Gasteiger charge is -2.32. The van der Waals surface area contributed by atoms with Crippen LogP contribution < -0.4 is 0 Å². The summed E-state index contributed by atoms with van der Waals surface area (Å²) in [7, 11) is 0. The van der Waals surface area contributed by atoms with Crippen molar-refractivity contribution in [1.82, 2.24) is 19.7 Å². The molecule has 2 unspecified atom stereocenters. The molecule has 0 spiro atoms. The van der Waals surface area contributed by atoms with Crippen molar-refractivity contribution >= 4 is 23.1 Å². The number of likely N-dealkylation sites (tertiary alicyclic amines) is 1. The van der Waals surface area contributed by atoms with Gasteiger partial charge in [-0.25, -0.2) is 0 Å². The Balaban J connectivity index is 1.43. The summed E-state index contributed by atoms with van der Waals surface area (Å²) in [4.78, 5) is 15.4. The molecule has 7 heteroatoms. The Morgan fingerprint density at radius 1 is 1.06 bits per heavy atom. The molecule has 6 nitrogen and oxygen atoms in total.